The average Bonchev–Trinajstić information content (AvgIpc) is 2.73. The zero-order valence-corrected chi connectivity index (χ0v) is 15.1. The van der Waals surface area contributed by atoms with E-state index in [-0.39, 0.29) is 5.91 Å². The maximum atomic E-state index is 12.6. The molecule has 0 atom stereocenters. The highest BCUT2D eigenvalue weighted by atomic mass is 16.5. The fraction of sp³-hybridized carbons (Fsp3) is 0.150. The first-order chi connectivity index (χ1) is 13.2. The molecule has 3 aromatic rings. The van der Waals surface area contributed by atoms with Crippen molar-refractivity contribution in [2.45, 2.75) is 6.54 Å². The Kier molecular flexibility index (Phi) is 5.84. The van der Waals surface area contributed by atoms with E-state index in [0.29, 0.717) is 35.1 Å². The van der Waals surface area contributed by atoms with E-state index in [4.69, 9.17) is 9.47 Å². The van der Waals surface area contributed by atoms with E-state index in [1.807, 2.05) is 18.2 Å². The molecule has 27 heavy (non-hydrogen) atoms. The van der Waals surface area contributed by atoms with Gasteiger partial charge >= 0.3 is 0 Å². The molecule has 0 saturated heterocycles. The number of hydrogen-bond donors (Lipinski definition) is 2. The molecule has 2 aromatic heterocycles. The van der Waals surface area contributed by atoms with E-state index in [1.165, 1.54) is 14.2 Å². The van der Waals surface area contributed by atoms with Gasteiger partial charge in [-0.2, -0.15) is 0 Å². The predicted octanol–water partition coefficient (Wildman–Crippen LogP) is 3.36. The number of rotatable bonds is 7. The quantitative estimate of drug-likeness (QED) is 0.669. The number of carbonyl (C=O) groups excluding carboxylic acids is 1. The highest BCUT2D eigenvalue weighted by Gasteiger charge is 2.18. The lowest BCUT2D eigenvalue weighted by Crippen LogP contribution is -2.15. The Hall–Kier alpha value is -3.61. The summed E-state index contributed by atoms with van der Waals surface area (Å²) in [4.78, 5) is 21.2. The summed E-state index contributed by atoms with van der Waals surface area (Å²) in [7, 11) is 3.02. The van der Waals surface area contributed by atoms with Crippen LogP contribution in [0.1, 0.15) is 16.1 Å². The number of nitrogens with one attached hydrogen (secondary N) is 2. The van der Waals surface area contributed by atoms with Crippen molar-refractivity contribution in [2.75, 3.05) is 24.9 Å². The number of anilines is 2. The minimum atomic E-state index is -0.333. The number of amides is 1. The van der Waals surface area contributed by atoms with Crippen molar-refractivity contribution in [1.82, 2.24) is 9.97 Å². The van der Waals surface area contributed by atoms with Crippen LogP contribution in [0.3, 0.4) is 0 Å². The molecule has 2 N–H and O–H groups in total. The first kappa shape index (κ1) is 18.2. The van der Waals surface area contributed by atoms with Crippen molar-refractivity contribution in [3.05, 3.63) is 72.2 Å². The van der Waals surface area contributed by atoms with E-state index in [1.54, 1.807) is 42.7 Å². The molecule has 1 aromatic carbocycles. The van der Waals surface area contributed by atoms with Gasteiger partial charge in [0.15, 0.2) is 0 Å². The van der Waals surface area contributed by atoms with Crippen LogP contribution in [0.15, 0.2) is 60.9 Å². The van der Waals surface area contributed by atoms with E-state index in [2.05, 4.69) is 20.6 Å². The standard InChI is InChI=1S/C20H20N4O3/c1-26-16-7-5-8-17(27-2)19(16)20(25)24-15-9-10-18(23-13-15)22-12-14-6-3-4-11-21-14/h3-11,13H,12H2,1-2H3,(H,22,23)(H,24,25). The third-order valence-corrected chi connectivity index (χ3v) is 3.85. The summed E-state index contributed by atoms with van der Waals surface area (Å²) in [5, 5.41) is 5.99. The monoisotopic (exact) mass is 364 g/mol. The molecule has 0 unspecified atom stereocenters. The number of aromatic nitrogens is 2. The van der Waals surface area contributed by atoms with Crippen LogP contribution in [0, 0.1) is 0 Å². The lowest BCUT2D eigenvalue weighted by Gasteiger charge is -2.13. The van der Waals surface area contributed by atoms with Gasteiger partial charge in [0.25, 0.3) is 5.91 Å². The molecule has 2 heterocycles. The second kappa shape index (κ2) is 8.66. The lowest BCUT2D eigenvalue weighted by molar-refractivity contribution is 0.102. The molecular formula is C20H20N4O3. The Morgan fingerprint density at radius 3 is 2.33 bits per heavy atom. The van der Waals surface area contributed by atoms with Crippen LogP contribution in [0.25, 0.3) is 0 Å². The van der Waals surface area contributed by atoms with Crippen molar-refractivity contribution in [3.8, 4) is 11.5 Å². The van der Waals surface area contributed by atoms with Crippen LogP contribution in [-0.4, -0.2) is 30.1 Å². The van der Waals surface area contributed by atoms with Crippen LogP contribution >= 0.6 is 0 Å². The summed E-state index contributed by atoms with van der Waals surface area (Å²) in [6.07, 6.45) is 3.33. The fourth-order valence-corrected chi connectivity index (χ4v) is 2.52. The molecule has 7 heteroatoms. The smallest absolute Gasteiger partial charge is 0.263 e. The first-order valence-corrected chi connectivity index (χ1v) is 8.33. The SMILES string of the molecule is COc1cccc(OC)c1C(=O)Nc1ccc(NCc2ccccn2)nc1. The summed E-state index contributed by atoms with van der Waals surface area (Å²) in [5.41, 5.74) is 1.82. The number of nitrogens with zero attached hydrogens (tertiary/aromatic N) is 2. The Bertz CT molecular complexity index is 877. The van der Waals surface area contributed by atoms with Gasteiger partial charge in [-0.05, 0) is 36.4 Å². The zero-order chi connectivity index (χ0) is 19.1. The minimum Gasteiger partial charge on any atom is -0.496 e. The highest BCUT2D eigenvalue weighted by molar-refractivity contribution is 6.08. The summed E-state index contributed by atoms with van der Waals surface area (Å²) in [5.74, 6) is 1.23. The molecule has 0 aliphatic rings. The average molecular weight is 364 g/mol. The molecule has 0 bridgehead atoms. The predicted molar refractivity (Wildman–Crippen MR) is 103 cm³/mol. The largest absolute Gasteiger partial charge is 0.496 e. The molecule has 0 spiro atoms. The zero-order valence-electron chi connectivity index (χ0n) is 15.1. The fourth-order valence-electron chi connectivity index (χ4n) is 2.52. The topological polar surface area (TPSA) is 85.4 Å². The van der Waals surface area contributed by atoms with Crippen molar-refractivity contribution in [2.24, 2.45) is 0 Å². The van der Waals surface area contributed by atoms with Gasteiger partial charge in [-0.15, -0.1) is 0 Å². The molecule has 0 radical (unpaired) electrons. The summed E-state index contributed by atoms with van der Waals surface area (Å²) >= 11 is 0. The van der Waals surface area contributed by atoms with Gasteiger partial charge in [0.1, 0.15) is 22.9 Å². The molecule has 3 rings (SSSR count). The molecule has 1 amide bonds. The van der Waals surface area contributed by atoms with Crippen LogP contribution < -0.4 is 20.1 Å². The maximum absolute atomic E-state index is 12.6. The summed E-state index contributed by atoms with van der Waals surface area (Å²) in [6, 6.07) is 14.5. The van der Waals surface area contributed by atoms with E-state index in [0.717, 1.165) is 5.69 Å². The summed E-state index contributed by atoms with van der Waals surface area (Å²) in [6.45, 7) is 0.567. The minimum absolute atomic E-state index is 0.333. The van der Waals surface area contributed by atoms with Gasteiger partial charge in [-0.25, -0.2) is 4.98 Å². The van der Waals surface area contributed by atoms with Crippen LogP contribution in [-0.2, 0) is 6.54 Å². The van der Waals surface area contributed by atoms with Gasteiger partial charge in [-0.1, -0.05) is 12.1 Å². The van der Waals surface area contributed by atoms with E-state index in [9.17, 15) is 4.79 Å². The Morgan fingerprint density at radius 1 is 0.963 bits per heavy atom. The molecular weight excluding hydrogens is 344 g/mol. The molecule has 0 fully saturated rings. The van der Waals surface area contributed by atoms with Gasteiger partial charge in [0.2, 0.25) is 0 Å². The molecule has 0 saturated carbocycles. The van der Waals surface area contributed by atoms with Crippen molar-refractivity contribution < 1.29 is 14.3 Å². The number of carbonyl (C=O) groups is 1. The second-order valence-electron chi connectivity index (χ2n) is 5.60. The number of pyridine rings is 2. The Labute approximate surface area is 157 Å². The van der Waals surface area contributed by atoms with Gasteiger partial charge in [-0.3, -0.25) is 9.78 Å². The number of benzene rings is 1. The van der Waals surface area contributed by atoms with Gasteiger partial charge in [0.05, 0.1) is 38.3 Å². The summed E-state index contributed by atoms with van der Waals surface area (Å²) < 4.78 is 10.5. The molecule has 0 aliphatic heterocycles. The molecule has 0 aliphatic carbocycles. The first-order valence-electron chi connectivity index (χ1n) is 8.33. The van der Waals surface area contributed by atoms with Crippen molar-refractivity contribution >= 4 is 17.4 Å². The van der Waals surface area contributed by atoms with E-state index < -0.39 is 0 Å². The molecule has 7 nitrogen and oxygen atoms in total. The van der Waals surface area contributed by atoms with E-state index >= 15 is 0 Å². The maximum Gasteiger partial charge on any atom is 0.263 e. The number of methoxy groups -OCH3 is 2. The Morgan fingerprint density at radius 2 is 1.74 bits per heavy atom. The van der Waals surface area contributed by atoms with Crippen molar-refractivity contribution in [1.29, 1.82) is 0 Å². The van der Waals surface area contributed by atoms with Gasteiger partial charge < -0.3 is 20.1 Å². The Balaban J connectivity index is 1.67. The molecule has 138 valence electrons. The second-order valence-corrected chi connectivity index (χ2v) is 5.60. The normalized spacial score (nSPS) is 10.1. The van der Waals surface area contributed by atoms with Crippen LogP contribution in [0.5, 0.6) is 11.5 Å². The lowest BCUT2D eigenvalue weighted by atomic mass is 10.1. The van der Waals surface area contributed by atoms with Crippen LogP contribution in [0.2, 0.25) is 0 Å². The number of hydrogen-bond acceptors (Lipinski definition) is 6. The van der Waals surface area contributed by atoms with Crippen molar-refractivity contribution in [3.63, 3.8) is 0 Å². The van der Waals surface area contributed by atoms with Gasteiger partial charge in [0, 0.05) is 6.20 Å². The third-order valence-electron chi connectivity index (χ3n) is 3.85. The van der Waals surface area contributed by atoms with Crippen LogP contribution in [0.4, 0.5) is 11.5 Å². The number of ether oxygens (including phenoxy) is 2. The third kappa shape index (κ3) is 4.52. The highest BCUT2D eigenvalue weighted by Crippen LogP contribution is 2.29.